The first-order valence-electron chi connectivity index (χ1n) is 0. The van der Waals surface area contributed by atoms with Crippen LogP contribution in [0.2, 0.25) is 0 Å². The molecule has 3 radical (unpaired) electrons. The van der Waals surface area contributed by atoms with E-state index >= 15 is 0 Å². The molecule has 4 heavy (non-hydrogen) atoms. The summed E-state index contributed by atoms with van der Waals surface area (Å²) < 4.78 is 0. The molecule has 0 unspecified atom stereocenters. The van der Waals surface area contributed by atoms with Gasteiger partial charge in [0, 0.05) is 47.2 Å². The largest absolute Gasteiger partial charge is 0.0149 e. The molecule has 0 aromatic carbocycles. The van der Waals surface area contributed by atoms with Gasteiger partial charge in [-0.2, -0.15) is 0 Å². The van der Waals surface area contributed by atoms with Crippen LogP contribution < -0.4 is 0 Å². The molecule has 0 bridgehead atoms. The van der Waals surface area contributed by atoms with Crippen LogP contribution in [0.15, 0.2) is 0 Å². The van der Waals surface area contributed by atoms with E-state index in [0.29, 0.717) is 0 Å². The summed E-state index contributed by atoms with van der Waals surface area (Å²) in [6.07, 6.45) is 0. The molecule has 4 heteroatoms. The van der Waals surface area contributed by atoms with E-state index in [9.17, 15) is 0 Å². The Kier molecular flexibility index (Phi) is 297. The Bertz CT molecular complexity index is 8.00. The van der Waals surface area contributed by atoms with Crippen molar-refractivity contribution in [1.29, 1.82) is 0 Å². The third kappa shape index (κ3) is 9.69. The van der Waals surface area contributed by atoms with Crippen LogP contribution in [-0.4, -0.2) is 19.4 Å². The van der Waals surface area contributed by atoms with Crippen LogP contribution in [0.3, 0.4) is 0 Å². The van der Waals surface area contributed by atoms with Gasteiger partial charge in [-0.15, -0.1) is 0 Å². The molecule has 0 saturated carbocycles. The maximum Gasteiger partial charge on any atom is 0 e. The molecule has 0 saturated heterocycles. The van der Waals surface area contributed by atoms with Crippen LogP contribution in [0.1, 0.15) is 0 Å². The summed E-state index contributed by atoms with van der Waals surface area (Å²) in [4.78, 5) is 0. The third-order valence-electron chi connectivity index (χ3n) is 0. The average Bonchev–Trinajstić information content (AvgIpc) is 0. The molecule has 23 valence electrons. The van der Waals surface area contributed by atoms with Gasteiger partial charge in [-0.05, 0) is 11.0 Å². The zero-order valence-corrected chi connectivity index (χ0v) is 4.10. The van der Waals surface area contributed by atoms with Gasteiger partial charge in [-0.25, -0.2) is 0 Å². The molecular formula is H4BFeSiTi. The summed E-state index contributed by atoms with van der Waals surface area (Å²) in [5.74, 6) is 0. The van der Waals surface area contributed by atoms with Crippen molar-refractivity contribution in [1.82, 2.24) is 0 Å². The predicted molar refractivity (Wildman–Crippen MR) is 17.1 cm³/mol. The summed E-state index contributed by atoms with van der Waals surface area (Å²) in [6.45, 7) is 0. The number of hydrogen-bond acceptors (Lipinski definition) is 0. The van der Waals surface area contributed by atoms with E-state index in [-0.39, 0.29) is 58.2 Å². The van der Waals surface area contributed by atoms with E-state index < -0.39 is 0 Å². The van der Waals surface area contributed by atoms with Crippen molar-refractivity contribution in [3.63, 3.8) is 0 Å². The van der Waals surface area contributed by atoms with Crippen molar-refractivity contribution < 1.29 is 38.8 Å². The van der Waals surface area contributed by atoms with Crippen LogP contribution in [-0.2, 0) is 38.8 Å². The van der Waals surface area contributed by atoms with E-state index in [0.717, 1.165) is 0 Å². The van der Waals surface area contributed by atoms with Gasteiger partial charge < -0.3 is 0 Å². The number of hydrogen-bond donors (Lipinski definition) is 0. The molecule has 0 N–H and O–H groups in total. The molecule has 0 atom stereocenters. The second-order valence-corrected chi connectivity index (χ2v) is 0. The smallest absolute Gasteiger partial charge is 0 e. The molecule has 0 aromatic heterocycles. The first-order valence-corrected chi connectivity index (χ1v) is 0. The topological polar surface area (TPSA) is 0 Å². The molecule has 0 aromatic rings. The first-order chi connectivity index (χ1) is 0. The van der Waals surface area contributed by atoms with Crippen molar-refractivity contribution in [3.05, 3.63) is 0 Å². The molecule has 0 rings (SSSR count). The second kappa shape index (κ2) is 24.3. The van der Waals surface area contributed by atoms with Gasteiger partial charge >= 0.3 is 0 Å². The fourth-order valence-electron chi connectivity index (χ4n) is 0. The molecule has 0 heterocycles. The summed E-state index contributed by atoms with van der Waals surface area (Å²) in [7, 11) is 0. The number of rotatable bonds is 0. The summed E-state index contributed by atoms with van der Waals surface area (Å²) >= 11 is 0. The molecular weight excluding hydrogens is 143 g/mol. The minimum absolute atomic E-state index is 0. The van der Waals surface area contributed by atoms with Gasteiger partial charge in [-0.3, -0.25) is 0 Å². The van der Waals surface area contributed by atoms with Crippen LogP contribution in [0, 0.1) is 0 Å². The first kappa shape index (κ1) is 49.0. The third-order valence-corrected chi connectivity index (χ3v) is 0. The van der Waals surface area contributed by atoms with Crippen LogP contribution >= 0.6 is 0 Å². The summed E-state index contributed by atoms with van der Waals surface area (Å²) in [6, 6.07) is 0. The minimum atomic E-state index is 0. The molecule has 0 spiro atoms. The molecule has 0 nitrogen and oxygen atoms in total. The normalized spacial score (nSPS) is 0. The van der Waals surface area contributed by atoms with Gasteiger partial charge in [0.2, 0.25) is 0 Å². The van der Waals surface area contributed by atoms with Gasteiger partial charge in [0.25, 0.3) is 0 Å². The van der Waals surface area contributed by atoms with Crippen molar-refractivity contribution in [3.8, 4) is 0 Å². The van der Waals surface area contributed by atoms with E-state index in [1.54, 1.807) is 0 Å². The Morgan fingerprint density at radius 1 is 1.00 bits per heavy atom. The van der Waals surface area contributed by atoms with Gasteiger partial charge in [0.05, 0.1) is 0 Å². The van der Waals surface area contributed by atoms with Crippen LogP contribution in [0.4, 0.5) is 0 Å². The standard InChI is InChI=1S/B.Fe.H4Si.Ti/h;;1H4;. The molecule has 0 fully saturated rings. The van der Waals surface area contributed by atoms with Crippen molar-refractivity contribution >= 4 is 19.4 Å². The monoisotopic (exact) mass is 147 g/mol. The Morgan fingerprint density at radius 3 is 1.00 bits per heavy atom. The van der Waals surface area contributed by atoms with Gasteiger partial charge in [0.15, 0.2) is 0 Å². The maximum absolute atomic E-state index is 0. The van der Waals surface area contributed by atoms with Crippen LogP contribution in [0.5, 0.6) is 0 Å². The van der Waals surface area contributed by atoms with Gasteiger partial charge in [0.1, 0.15) is 0 Å². The van der Waals surface area contributed by atoms with Crippen molar-refractivity contribution in [2.75, 3.05) is 0 Å². The quantitative estimate of drug-likeness (QED) is 0.353. The van der Waals surface area contributed by atoms with Gasteiger partial charge in [-0.1, -0.05) is 0 Å². The fraction of sp³-hybridized carbons (Fsp3) is 0. The molecule has 0 amide bonds. The zero-order valence-electron chi connectivity index (χ0n) is 1.43. The minimum Gasteiger partial charge on any atom is -0.0149 e. The fourth-order valence-corrected chi connectivity index (χ4v) is 0. The van der Waals surface area contributed by atoms with Crippen molar-refractivity contribution in [2.24, 2.45) is 0 Å². The summed E-state index contributed by atoms with van der Waals surface area (Å²) in [5, 5.41) is 0. The maximum atomic E-state index is 0. The van der Waals surface area contributed by atoms with E-state index in [4.69, 9.17) is 0 Å². The molecule has 0 aliphatic carbocycles. The Balaban J connectivity index is 0. The van der Waals surface area contributed by atoms with E-state index in [1.165, 1.54) is 0 Å². The Labute approximate surface area is 58.1 Å². The average molecular weight is 147 g/mol. The Morgan fingerprint density at radius 2 is 1.00 bits per heavy atom. The van der Waals surface area contributed by atoms with Crippen molar-refractivity contribution in [2.45, 2.75) is 0 Å². The Hall–Kier alpha value is 1.52. The van der Waals surface area contributed by atoms with Crippen LogP contribution in [0.25, 0.3) is 0 Å². The molecule has 0 aliphatic heterocycles. The molecule has 0 aliphatic rings. The summed E-state index contributed by atoms with van der Waals surface area (Å²) in [5.41, 5.74) is 0. The van der Waals surface area contributed by atoms with E-state index in [1.807, 2.05) is 0 Å². The zero-order chi connectivity index (χ0) is 0. The SMILES string of the molecule is [B].[Fe].[SiH4].[Ti]. The predicted octanol–water partition coefficient (Wildman–Crippen LogP) is -1.84. The van der Waals surface area contributed by atoms with E-state index in [2.05, 4.69) is 0 Å². The second-order valence-electron chi connectivity index (χ2n) is 0.